The summed E-state index contributed by atoms with van der Waals surface area (Å²) >= 11 is 0. The smallest absolute Gasteiger partial charge is 0.195 e. The van der Waals surface area contributed by atoms with Crippen molar-refractivity contribution in [1.82, 2.24) is 5.32 Å². The highest BCUT2D eigenvalue weighted by atomic mass is 127. The average molecular weight is 499 g/mol. The monoisotopic (exact) mass is 499 g/mol. The standard InChI is InChI=1S/C21H29N3O3.HI/c1-5-22-21(23-13-12-16-8-7-9-18(14-16)25-3)24-17-10-11-19(26-4)20(15-17)27-6-2;/h7-11,14-15H,5-6,12-13H2,1-4H3,(H2,22,23,24);1H. The highest BCUT2D eigenvalue weighted by Gasteiger charge is 2.07. The molecule has 0 amide bonds. The Balaban J connectivity index is 0.00000392. The van der Waals surface area contributed by atoms with Crippen LogP contribution < -0.4 is 24.8 Å². The van der Waals surface area contributed by atoms with Crippen molar-refractivity contribution < 1.29 is 14.2 Å². The molecule has 0 aliphatic rings. The van der Waals surface area contributed by atoms with Crippen LogP contribution in [0.25, 0.3) is 0 Å². The fourth-order valence-corrected chi connectivity index (χ4v) is 2.59. The molecule has 0 atom stereocenters. The zero-order chi connectivity index (χ0) is 19.5. The predicted octanol–water partition coefficient (Wildman–Crippen LogP) is 4.34. The molecule has 6 nitrogen and oxygen atoms in total. The van der Waals surface area contributed by atoms with Crippen LogP contribution in [0, 0.1) is 0 Å². The van der Waals surface area contributed by atoms with Crippen LogP contribution in [-0.2, 0) is 6.42 Å². The molecule has 28 heavy (non-hydrogen) atoms. The van der Waals surface area contributed by atoms with Crippen LogP contribution in [0.1, 0.15) is 19.4 Å². The zero-order valence-electron chi connectivity index (χ0n) is 17.0. The lowest BCUT2D eigenvalue weighted by Gasteiger charge is -2.14. The van der Waals surface area contributed by atoms with Gasteiger partial charge in [0.2, 0.25) is 0 Å². The molecule has 0 unspecified atom stereocenters. The quantitative estimate of drug-likeness (QED) is 0.306. The first kappa shape index (κ1) is 23.9. The van der Waals surface area contributed by atoms with E-state index in [1.807, 2.05) is 50.2 Å². The van der Waals surface area contributed by atoms with Crippen LogP contribution in [0.4, 0.5) is 5.69 Å². The lowest BCUT2D eigenvalue weighted by Crippen LogP contribution is -2.30. The molecule has 0 spiro atoms. The fourth-order valence-electron chi connectivity index (χ4n) is 2.59. The number of methoxy groups -OCH3 is 2. The molecule has 2 aromatic rings. The minimum atomic E-state index is 0. The Morgan fingerprint density at radius 1 is 1.00 bits per heavy atom. The van der Waals surface area contributed by atoms with Gasteiger partial charge in [0.25, 0.3) is 0 Å². The summed E-state index contributed by atoms with van der Waals surface area (Å²) in [5, 5.41) is 6.58. The largest absolute Gasteiger partial charge is 0.497 e. The predicted molar refractivity (Wildman–Crippen MR) is 126 cm³/mol. The average Bonchev–Trinajstić information content (AvgIpc) is 2.69. The molecule has 2 N–H and O–H groups in total. The molecule has 2 rings (SSSR count). The highest BCUT2D eigenvalue weighted by molar-refractivity contribution is 14.0. The third kappa shape index (κ3) is 7.46. The second-order valence-corrected chi connectivity index (χ2v) is 5.79. The van der Waals surface area contributed by atoms with Crippen LogP contribution in [0.15, 0.2) is 47.5 Å². The molecule has 0 radical (unpaired) electrons. The van der Waals surface area contributed by atoms with Gasteiger partial charge in [0.05, 0.1) is 20.8 Å². The normalized spacial score (nSPS) is 10.6. The summed E-state index contributed by atoms with van der Waals surface area (Å²) in [6, 6.07) is 13.8. The van der Waals surface area contributed by atoms with Gasteiger partial charge in [-0.1, -0.05) is 12.1 Å². The first-order chi connectivity index (χ1) is 13.2. The number of halogens is 1. The molecule has 0 bridgehead atoms. The summed E-state index contributed by atoms with van der Waals surface area (Å²) in [5.41, 5.74) is 2.08. The van der Waals surface area contributed by atoms with E-state index in [2.05, 4.69) is 21.7 Å². The van der Waals surface area contributed by atoms with Gasteiger partial charge in [-0.25, -0.2) is 0 Å². The van der Waals surface area contributed by atoms with Crippen molar-refractivity contribution in [2.75, 3.05) is 39.2 Å². The maximum absolute atomic E-state index is 5.63. The van der Waals surface area contributed by atoms with E-state index in [0.29, 0.717) is 24.7 Å². The number of anilines is 1. The van der Waals surface area contributed by atoms with Gasteiger partial charge in [-0.15, -0.1) is 24.0 Å². The Bertz CT molecular complexity index is 753. The van der Waals surface area contributed by atoms with Gasteiger partial charge >= 0.3 is 0 Å². The highest BCUT2D eigenvalue weighted by Crippen LogP contribution is 2.30. The first-order valence-corrected chi connectivity index (χ1v) is 9.19. The molecule has 0 heterocycles. The number of guanidine groups is 1. The zero-order valence-corrected chi connectivity index (χ0v) is 19.3. The molecule has 2 aromatic carbocycles. The van der Waals surface area contributed by atoms with Gasteiger partial charge in [-0.2, -0.15) is 0 Å². The van der Waals surface area contributed by atoms with Crippen molar-refractivity contribution in [3.05, 3.63) is 48.0 Å². The number of hydrogen-bond acceptors (Lipinski definition) is 4. The van der Waals surface area contributed by atoms with Crippen LogP contribution in [0.3, 0.4) is 0 Å². The number of benzene rings is 2. The Labute approximate surface area is 184 Å². The Morgan fingerprint density at radius 3 is 2.50 bits per heavy atom. The van der Waals surface area contributed by atoms with E-state index in [9.17, 15) is 0 Å². The lowest BCUT2D eigenvalue weighted by molar-refractivity contribution is 0.311. The van der Waals surface area contributed by atoms with E-state index < -0.39 is 0 Å². The molecule has 154 valence electrons. The number of hydrogen-bond donors (Lipinski definition) is 2. The summed E-state index contributed by atoms with van der Waals surface area (Å²) in [6.07, 6.45) is 0.834. The molecule has 0 saturated carbocycles. The summed E-state index contributed by atoms with van der Waals surface area (Å²) in [5.74, 6) is 3.01. The molecule has 0 aliphatic carbocycles. The third-order valence-electron chi connectivity index (χ3n) is 3.87. The Kier molecular flexibility index (Phi) is 11.2. The van der Waals surface area contributed by atoms with E-state index in [1.54, 1.807) is 14.2 Å². The van der Waals surface area contributed by atoms with E-state index in [-0.39, 0.29) is 24.0 Å². The Hall–Kier alpha value is -2.16. The van der Waals surface area contributed by atoms with Crippen molar-refractivity contribution in [2.24, 2.45) is 4.99 Å². The number of aliphatic imine (C=N–C) groups is 1. The molecule has 0 fully saturated rings. The van der Waals surface area contributed by atoms with Crippen molar-refractivity contribution in [3.8, 4) is 17.2 Å². The topological polar surface area (TPSA) is 64.1 Å². The van der Waals surface area contributed by atoms with Crippen LogP contribution in [0.2, 0.25) is 0 Å². The second-order valence-electron chi connectivity index (χ2n) is 5.79. The van der Waals surface area contributed by atoms with Crippen LogP contribution in [-0.4, -0.2) is 39.9 Å². The molecule has 0 saturated heterocycles. The third-order valence-corrected chi connectivity index (χ3v) is 3.87. The summed E-state index contributed by atoms with van der Waals surface area (Å²) in [6.45, 7) is 6.01. The van der Waals surface area contributed by atoms with Crippen LogP contribution in [0.5, 0.6) is 17.2 Å². The second kappa shape index (κ2) is 13.1. The van der Waals surface area contributed by atoms with Gasteiger partial charge in [0.1, 0.15) is 5.75 Å². The van der Waals surface area contributed by atoms with Gasteiger partial charge in [-0.3, -0.25) is 4.99 Å². The molecular formula is C21H30IN3O3. The van der Waals surface area contributed by atoms with Crippen molar-refractivity contribution in [1.29, 1.82) is 0 Å². The van der Waals surface area contributed by atoms with E-state index >= 15 is 0 Å². The van der Waals surface area contributed by atoms with E-state index in [1.165, 1.54) is 5.56 Å². The summed E-state index contributed by atoms with van der Waals surface area (Å²) < 4.78 is 16.2. The van der Waals surface area contributed by atoms with Gasteiger partial charge in [0.15, 0.2) is 17.5 Å². The molecule has 0 aliphatic heterocycles. The number of nitrogens with zero attached hydrogens (tertiary/aromatic N) is 1. The number of ether oxygens (including phenoxy) is 3. The van der Waals surface area contributed by atoms with Gasteiger partial charge in [0, 0.05) is 24.8 Å². The van der Waals surface area contributed by atoms with Crippen molar-refractivity contribution in [2.45, 2.75) is 20.3 Å². The van der Waals surface area contributed by atoms with Crippen molar-refractivity contribution in [3.63, 3.8) is 0 Å². The molecule has 7 heteroatoms. The lowest BCUT2D eigenvalue weighted by atomic mass is 10.1. The van der Waals surface area contributed by atoms with Gasteiger partial charge in [-0.05, 0) is 50.1 Å². The molecular weight excluding hydrogens is 469 g/mol. The Morgan fingerprint density at radius 2 is 1.82 bits per heavy atom. The minimum absolute atomic E-state index is 0. The summed E-state index contributed by atoms with van der Waals surface area (Å²) in [4.78, 5) is 4.66. The maximum atomic E-state index is 5.63. The minimum Gasteiger partial charge on any atom is -0.497 e. The molecule has 0 aromatic heterocycles. The number of rotatable bonds is 9. The fraction of sp³-hybridized carbons (Fsp3) is 0.381. The SMILES string of the molecule is CCNC(=NCCc1cccc(OC)c1)Nc1ccc(OC)c(OCC)c1.I. The van der Waals surface area contributed by atoms with Crippen molar-refractivity contribution >= 4 is 35.6 Å². The van der Waals surface area contributed by atoms with E-state index in [0.717, 1.165) is 30.4 Å². The van der Waals surface area contributed by atoms with E-state index in [4.69, 9.17) is 14.2 Å². The maximum Gasteiger partial charge on any atom is 0.195 e. The summed E-state index contributed by atoms with van der Waals surface area (Å²) in [7, 11) is 3.31. The van der Waals surface area contributed by atoms with Crippen LogP contribution >= 0.6 is 24.0 Å². The van der Waals surface area contributed by atoms with Gasteiger partial charge < -0.3 is 24.8 Å². The number of nitrogens with one attached hydrogen (secondary N) is 2. The first-order valence-electron chi connectivity index (χ1n) is 9.19.